The number of carbonyl (C=O) groups is 1. The van der Waals surface area contributed by atoms with Crippen LogP contribution in [0.25, 0.3) is 0 Å². The van der Waals surface area contributed by atoms with E-state index >= 15 is 0 Å². The van der Waals surface area contributed by atoms with Crippen LogP contribution in [-0.2, 0) is 0 Å². The Bertz CT molecular complexity index is 438. The van der Waals surface area contributed by atoms with Crippen LogP contribution in [0.15, 0.2) is 12.1 Å². The van der Waals surface area contributed by atoms with Gasteiger partial charge in [0.15, 0.2) is 5.82 Å². The Morgan fingerprint density at radius 3 is 2.78 bits per heavy atom. The first kappa shape index (κ1) is 14.4. The van der Waals surface area contributed by atoms with E-state index in [1.165, 1.54) is 0 Å². The lowest BCUT2D eigenvalue weighted by atomic mass is 10.1. The number of rotatable bonds is 5. The minimum atomic E-state index is -1.09. The summed E-state index contributed by atoms with van der Waals surface area (Å²) in [7, 11) is 0. The number of aliphatic hydroxyl groups is 1. The van der Waals surface area contributed by atoms with E-state index in [4.69, 9.17) is 5.73 Å². The molecule has 1 amide bonds. The molecule has 1 rings (SSSR count). The second kappa shape index (κ2) is 6.30. The van der Waals surface area contributed by atoms with Gasteiger partial charge >= 0.3 is 0 Å². The second-order valence-electron chi connectivity index (χ2n) is 3.98. The molecule has 0 fully saturated rings. The summed E-state index contributed by atoms with van der Waals surface area (Å²) in [5, 5.41) is 11.7. The summed E-state index contributed by atoms with van der Waals surface area (Å²) < 4.78 is 26.8. The number of nitrogens with one attached hydrogen (secondary N) is 1. The third-order valence-electron chi connectivity index (χ3n) is 2.47. The van der Waals surface area contributed by atoms with Gasteiger partial charge in [0.25, 0.3) is 5.91 Å². The standard InChI is InChI=1S/C12H16F2N2O2/c1-2-3-7(17)6-16-12(18)10-8(13)4-5-9(15)11(10)14/h4-5,7,17H,2-3,6,15H2,1H3,(H,16,18). The van der Waals surface area contributed by atoms with Crippen molar-refractivity contribution in [3.8, 4) is 0 Å². The maximum atomic E-state index is 13.5. The van der Waals surface area contributed by atoms with Crippen LogP contribution < -0.4 is 11.1 Å². The molecule has 0 bridgehead atoms. The monoisotopic (exact) mass is 258 g/mol. The number of aliphatic hydroxyl groups excluding tert-OH is 1. The van der Waals surface area contributed by atoms with Crippen molar-refractivity contribution < 1.29 is 18.7 Å². The van der Waals surface area contributed by atoms with Gasteiger partial charge in [0.2, 0.25) is 0 Å². The van der Waals surface area contributed by atoms with Gasteiger partial charge in [0.1, 0.15) is 11.4 Å². The molecule has 0 radical (unpaired) electrons. The fourth-order valence-electron chi connectivity index (χ4n) is 1.51. The molecule has 18 heavy (non-hydrogen) atoms. The lowest BCUT2D eigenvalue weighted by Crippen LogP contribution is -2.33. The Morgan fingerprint density at radius 2 is 2.17 bits per heavy atom. The van der Waals surface area contributed by atoms with Crippen molar-refractivity contribution in [2.75, 3.05) is 12.3 Å². The van der Waals surface area contributed by atoms with Gasteiger partial charge in [-0.1, -0.05) is 13.3 Å². The van der Waals surface area contributed by atoms with Crippen LogP contribution in [0.4, 0.5) is 14.5 Å². The summed E-state index contributed by atoms with van der Waals surface area (Å²) in [6, 6.07) is 1.98. The Hall–Kier alpha value is -1.69. The number of halogens is 2. The van der Waals surface area contributed by atoms with Crippen molar-refractivity contribution in [3.05, 3.63) is 29.3 Å². The average molecular weight is 258 g/mol. The first-order valence-electron chi connectivity index (χ1n) is 5.67. The molecule has 0 heterocycles. The van der Waals surface area contributed by atoms with Gasteiger partial charge in [-0.25, -0.2) is 8.78 Å². The van der Waals surface area contributed by atoms with Crippen LogP contribution in [0.2, 0.25) is 0 Å². The molecule has 4 nitrogen and oxygen atoms in total. The highest BCUT2D eigenvalue weighted by Crippen LogP contribution is 2.18. The fraction of sp³-hybridized carbons (Fsp3) is 0.417. The molecule has 100 valence electrons. The number of hydrogen-bond acceptors (Lipinski definition) is 3. The van der Waals surface area contributed by atoms with Crippen LogP contribution in [0.1, 0.15) is 30.1 Å². The Balaban J connectivity index is 2.76. The van der Waals surface area contributed by atoms with E-state index in [0.717, 1.165) is 18.6 Å². The smallest absolute Gasteiger partial charge is 0.257 e. The zero-order valence-corrected chi connectivity index (χ0v) is 10.0. The quantitative estimate of drug-likeness (QED) is 0.699. The molecule has 0 aliphatic carbocycles. The SMILES string of the molecule is CCCC(O)CNC(=O)c1c(F)ccc(N)c1F. The summed E-state index contributed by atoms with van der Waals surface area (Å²) in [5.41, 5.74) is 4.24. The lowest BCUT2D eigenvalue weighted by molar-refractivity contribution is 0.0902. The topological polar surface area (TPSA) is 75.3 Å². The Kier molecular flexibility index (Phi) is 5.03. The lowest BCUT2D eigenvalue weighted by Gasteiger charge is -2.12. The van der Waals surface area contributed by atoms with Crippen LogP contribution in [0, 0.1) is 11.6 Å². The number of nitrogens with two attached hydrogens (primary N) is 1. The number of hydrogen-bond donors (Lipinski definition) is 3. The van der Waals surface area contributed by atoms with Crippen molar-refractivity contribution in [2.45, 2.75) is 25.9 Å². The minimum Gasteiger partial charge on any atom is -0.396 e. The number of nitrogen functional groups attached to an aromatic ring is 1. The highest BCUT2D eigenvalue weighted by atomic mass is 19.1. The third-order valence-corrected chi connectivity index (χ3v) is 2.47. The summed E-state index contributed by atoms with van der Waals surface area (Å²) in [6.07, 6.45) is 0.520. The molecule has 0 saturated carbocycles. The second-order valence-corrected chi connectivity index (χ2v) is 3.98. The zero-order chi connectivity index (χ0) is 13.7. The fourth-order valence-corrected chi connectivity index (χ4v) is 1.51. The number of carbonyl (C=O) groups excluding carboxylic acids is 1. The van der Waals surface area contributed by atoms with Crippen molar-refractivity contribution in [2.24, 2.45) is 0 Å². The number of anilines is 1. The van der Waals surface area contributed by atoms with Gasteiger partial charge in [-0.05, 0) is 18.6 Å². The molecule has 4 N–H and O–H groups in total. The summed E-state index contributed by atoms with van der Waals surface area (Å²) in [6.45, 7) is 1.82. The molecular weight excluding hydrogens is 242 g/mol. The molecule has 0 aromatic heterocycles. The van der Waals surface area contributed by atoms with E-state index in [1.807, 2.05) is 6.92 Å². The normalized spacial score (nSPS) is 12.2. The summed E-state index contributed by atoms with van der Waals surface area (Å²) >= 11 is 0. The van der Waals surface area contributed by atoms with Gasteiger partial charge in [-0.15, -0.1) is 0 Å². The molecule has 1 atom stereocenters. The first-order valence-corrected chi connectivity index (χ1v) is 5.67. The largest absolute Gasteiger partial charge is 0.396 e. The highest BCUT2D eigenvalue weighted by molar-refractivity contribution is 5.95. The van der Waals surface area contributed by atoms with Crippen molar-refractivity contribution in [3.63, 3.8) is 0 Å². The minimum absolute atomic E-state index is 0.0552. The molecule has 1 unspecified atom stereocenters. The van der Waals surface area contributed by atoms with Crippen molar-refractivity contribution in [1.29, 1.82) is 0 Å². The van der Waals surface area contributed by atoms with Crippen molar-refractivity contribution in [1.82, 2.24) is 5.32 Å². The maximum absolute atomic E-state index is 13.5. The Morgan fingerprint density at radius 1 is 1.50 bits per heavy atom. The van der Waals surface area contributed by atoms with E-state index in [0.29, 0.717) is 6.42 Å². The first-order chi connectivity index (χ1) is 8.47. The molecule has 0 spiro atoms. The molecule has 0 aliphatic heterocycles. The number of benzene rings is 1. The highest BCUT2D eigenvalue weighted by Gasteiger charge is 2.19. The van der Waals surface area contributed by atoms with Crippen LogP contribution in [-0.4, -0.2) is 23.7 Å². The van der Waals surface area contributed by atoms with E-state index in [-0.39, 0.29) is 12.2 Å². The maximum Gasteiger partial charge on any atom is 0.257 e. The van der Waals surface area contributed by atoms with E-state index in [1.54, 1.807) is 0 Å². The van der Waals surface area contributed by atoms with E-state index in [9.17, 15) is 18.7 Å². The summed E-state index contributed by atoms with van der Waals surface area (Å²) in [5.74, 6) is -2.99. The van der Waals surface area contributed by atoms with Crippen molar-refractivity contribution >= 4 is 11.6 Å². The molecule has 0 aliphatic rings. The van der Waals surface area contributed by atoms with Gasteiger partial charge in [0, 0.05) is 6.54 Å². The predicted molar refractivity (Wildman–Crippen MR) is 64.0 cm³/mol. The van der Waals surface area contributed by atoms with Gasteiger partial charge in [-0.3, -0.25) is 4.79 Å². The molecule has 0 saturated heterocycles. The van der Waals surface area contributed by atoms with Gasteiger partial charge in [-0.2, -0.15) is 0 Å². The van der Waals surface area contributed by atoms with Crippen LogP contribution in [0.3, 0.4) is 0 Å². The molecule has 6 heteroatoms. The third kappa shape index (κ3) is 3.40. The molecule has 1 aromatic rings. The van der Waals surface area contributed by atoms with Crippen LogP contribution in [0.5, 0.6) is 0 Å². The zero-order valence-electron chi connectivity index (χ0n) is 10.0. The van der Waals surface area contributed by atoms with E-state index in [2.05, 4.69) is 5.32 Å². The molecule has 1 aromatic carbocycles. The van der Waals surface area contributed by atoms with E-state index < -0.39 is 29.2 Å². The predicted octanol–water partition coefficient (Wildman–Crippen LogP) is 1.44. The average Bonchev–Trinajstić information content (AvgIpc) is 2.32. The van der Waals surface area contributed by atoms with Gasteiger partial charge < -0.3 is 16.2 Å². The Labute approximate surface area is 104 Å². The summed E-state index contributed by atoms with van der Waals surface area (Å²) in [4.78, 5) is 11.6. The number of amides is 1. The van der Waals surface area contributed by atoms with Gasteiger partial charge in [0.05, 0.1) is 11.8 Å². The molecular formula is C12H16F2N2O2. The van der Waals surface area contributed by atoms with Crippen LogP contribution >= 0.6 is 0 Å².